The Kier molecular flexibility index (Phi) is 7.35. The van der Waals surface area contributed by atoms with Crippen molar-refractivity contribution in [1.29, 1.82) is 0 Å². The standard InChI is InChI=1S/C30H30ClF3N6O3/c1-29(14-19-13-24(31)26-22(16-35-36-26)23(19)17-38(27(29)42)18-30(32,33)34)15-25(41)37-9-7-21(8-10-37)40-12-11-39(28(40)43)20-5-3-2-4-6-20/h2-6,11-13,16,21H,7-10,14-15,17-18H2,1H3,(H,35,36). The SMILES string of the molecule is CC1(CC(=O)N2CCC(n3ccn(-c4ccccc4)c3=O)CC2)Cc2cc(Cl)c3[nH]ncc3c2CN(CC(F)(F)F)C1=O. The molecule has 0 aliphatic carbocycles. The Hall–Kier alpha value is -4.06. The van der Waals surface area contributed by atoms with Gasteiger partial charge in [-0.15, -0.1) is 0 Å². The van der Waals surface area contributed by atoms with Crippen molar-refractivity contribution >= 4 is 34.3 Å². The number of piperidine rings is 1. The summed E-state index contributed by atoms with van der Waals surface area (Å²) >= 11 is 6.45. The zero-order valence-corrected chi connectivity index (χ0v) is 24.2. The molecule has 2 aliphatic heterocycles. The molecule has 4 aromatic rings. The van der Waals surface area contributed by atoms with Crippen LogP contribution in [0.25, 0.3) is 16.6 Å². The monoisotopic (exact) mass is 614 g/mol. The quantitative estimate of drug-likeness (QED) is 0.347. The van der Waals surface area contributed by atoms with E-state index in [0.717, 1.165) is 10.6 Å². The van der Waals surface area contributed by atoms with E-state index >= 15 is 0 Å². The van der Waals surface area contributed by atoms with E-state index in [2.05, 4.69) is 10.2 Å². The largest absolute Gasteiger partial charge is 0.406 e. The van der Waals surface area contributed by atoms with Crippen molar-refractivity contribution in [3.05, 3.63) is 81.6 Å². The molecule has 2 aliphatic rings. The van der Waals surface area contributed by atoms with Gasteiger partial charge in [-0.3, -0.25) is 23.8 Å². The van der Waals surface area contributed by atoms with Gasteiger partial charge in [-0.25, -0.2) is 4.79 Å². The number of rotatable bonds is 5. The van der Waals surface area contributed by atoms with Crippen LogP contribution in [0.3, 0.4) is 0 Å². The van der Waals surface area contributed by atoms with Crippen molar-refractivity contribution in [2.24, 2.45) is 5.41 Å². The molecule has 1 saturated heterocycles. The Morgan fingerprint density at radius 2 is 1.86 bits per heavy atom. The third-order valence-electron chi connectivity index (χ3n) is 8.58. The summed E-state index contributed by atoms with van der Waals surface area (Å²) < 4.78 is 44.1. The van der Waals surface area contributed by atoms with Gasteiger partial charge in [0.05, 0.1) is 27.8 Å². The summed E-state index contributed by atoms with van der Waals surface area (Å²) in [6.45, 7) is 0.577. The fraction of sp³-hybridized carbons (Fsp3) is 0.400. The van der Waals surface area contributed by atoms with Crippen LogP contribution >= 0.6 is 11.6 Å². The maximum absolute atomic E-state index is 13.7. The third-order valence-corrected chi connectivity index (χ3v) is 8.88. The molecular formula is C30H30ClF3N6O3. The smallest absolute Gasteiger partial charge is 0.343 e. The molecule has 2 amide bonds. The number of nitrogens with one attached hydrogen (secondary N) is 1. The lowest BCUT2D eigenvalue weighted by Crippen LogP contribution is -2.48. The summed E-state index contributed by atoms with van der Waals surface area (Å²) in [4.78, 5) is 42.8. The van der Waals surface area contributed by atoms with Gasteiger partial charge in [-0.2, -0.15) is 18.3 Å². The molecular weight excluding hydrogens is 585 g/mol. The normalized spacial score (nSPS) is 20.0. The van der Waals surface area contributed by atoms with Gasteiger partial charge in [0.15, 0.2) is 0 Å². The molecule has 1 atom stereocenters. The zero-order valence-electron chi connectivity index (χ0n) is 23.4. The van der Waals surface area contributed by atoms with Gasteiger partial charge in [-0.05, 0) is 55.5 Å². The van der Waals surface area contributed by atoms with Crippen LogP contribution in [0.2, 0.25) is 5.02 Å². The highest BCUT2D eigenvalue weighted by Crippen LogP contribution is 2.40. The molecule has 0 spiro atoms. The van der Waals surface area contributed by atoms with E-state index in [-0.39, 0.29) is 37.0 Å². The fourth-order valence-electron chi connectivity index (χ4n) is 6.44. The molecule has 4 heterocycles. The molecule has 1 unspecified atom stereocenters. The Morgan fingerprint density at radius 3 is 2.56 bits per heavy atom. The van der Waals surface area contributed by atoms with Crippen LogP contribution < -0.4 is 5.69 Å². The molecule has 2 aromatic carbocycles. The van der Waals surface area contributed by atoms with Gasteiger partial charge in [0, 0.05) is 49.9 Å². The molecule has 1 N–H and O–H groups in total. The maximum Gasteiger partial charge on any atom is 0.406 e. The number of halogens is 4. The van der Waals surface area contributed by atoms with Gasteiger partial charge in [-0.1, -0.05) is 29.8 Å². The van der Waals surface area contributed by atoms with Crippen LogP contribution in [-0.4, -0.2) is 66.8 Å². The zero-order chi connectivity index (χ0) is 30.5. The van der Waals surface area contributed by atoms with Crippen LogP contribution in [0, 0.1) is 5.41 Å². The van der Waals surface area contributed by atoms with Crippen molar-refractivity contribution in [3.8, 4) is 5.69 Å². The van der Waals surface area contributed by atoms with Gasteiger partial charge < -0.3 is 9.80 Å². The lowest BCUT2D eigenvalue weighted by atomic mass is 9.78. The van der Waals surface area contributed by atoms with Crippen LogP contribution in [0.5, 0.6) is 0 Å². The first-order valence-electron chi connectivity index (χ1n) is 14.1. The van der Waals surface area contributed by atoms with Crippen molar-refractivity contribution in [2.75, 3.05) is 19.6 Å². The number of carbonyl (C=O) groups excluding carboxylic acids is 2. The first-order valence-corrected chi connectivity index (χ1v) is 14.4. The number of aromatic amines is 1. The second kappa shape index (κ2) is 10.9. The molecule has 0 saturated carbocycles. The number of imidazole rings is 1. The Balaban J connectivity index is 1.21. The summed E-state index contributed by atoms with van der Waals surface area (Å²) in [7, 11) is 0. The summed E-state index contributed by atoms with van der Waals surface area (Å²) in [5, 5.41) is 7.66. The molecule has 9 nitrogen and oxygen atoms in total. The predicted octanol–water partition coefficient (Wildman–Crippen LogP) is 4.88. The van der Waals surface area contributed by atoms with E-state index in [1.807, 2.05) is 30.3 Å². The van der Waals surface area contributed by atoms with E-state index in [1.54, 1.807) is 39.4 Å². The number of carbonyl (C=O) groups is 2. The molecule has 2 aromatic heterocycles. The van der Waals surface area contributed by atoms with Crippen LogP contribution in [0.15, 0.2) is 59.8 Å². The topological polar surface area (TPSA) is 96.2 Å². The summed E-state index contributed by atoms with van der Waals surface area (Å²) in [6.07, 6.45) is 1.22. The first-order chi connectivity index (χ1) is 20.4. The highest BCUT2D eigenvalue weighted by Gasteiger charge is 2.46. The van der Waals surface area contributed by atoms with Crippen molar-refractivity contribution in [2.45, 2.75) is 51.4 Å². The number of benzene rings is 2. The number of hydrogen-bond acceptors (Lipinski definition) is 4. The maximum atomic E-state index is 13.7. The Bertz CT molecular complexity index is 1740. The summed E-state index contributed by atoms with van der Waals surface area (Å²) in [5.74, 6) is -1.04. The molecule has 226 valence electrons. The predicted molar refractivity (Wildman–Crippen MR) is 154 cm³/mol. The Morgan fingerprint density at radius 1 is 1.14 bits per heavy atom. The van der Waals surface area contributed by atoms with Gasteiger partial charge in [0.2, 0.25) is 11.8 Å². The lowest BCUT2D eigenvalue weighted by molar-refractivity contribution is -0.169. The summed E-state index contributed by atoms with van der Waals surface area (Å²) in [5.41, 5.74) is 0.816. The molecule has 0 radical (unpaired) electrons. The van der Waals surface area contributed by atoms with E-state index in [9.17, 15) is 27.6 Å². The molecule has 43 heavy (non-hydrogen) atoms. The number of hydrogen-bond donors (Lipinski definition) is 1. The molecule has 13 heteroatoms. The van der Waals surface area contributed by atoms with Gasteiger partial charge in [0.1, 0.15) is 6.54 Å². The number of H-pyrrole nitrogens is 1. The lowest BCUT2D eigenvalue weighted by Gasteiger charge is -2.36. The third kappa shape index (κ3) is 5.55. The number of fused-ring (bicyclic) bond motifs is 3. The second-order valence-electron chi connectivity index (χ2n) is 11.7. The molecule has 1 fully saturated rings. The van der Waals surface area contributed by atoms with Crippen molar-refractivity contribution < 1.29 is 22.8 Å². The number of alkyl halides is 3. The average Bonchev–Trinajstić information content (AvgIpc) is 3.59. The Labute approximate surface area is 249 Å². The highest BCUT2D eigenvalue weighted by atomic mass is 35.5. The van der Waals surface area contributed by atoms with Crippen molar-refractivity contribution in [1.82, 2.24) is 29.1 Å². The number of nitrogens with zero attached hydrogens (tertiary/aromatic N) is 5. The fourth-order valence-corrected chi connectivity index (χ4v) is 6.72. The minimum atomic E-state index is -4.62. The van der Waals surface area contributed by atoms with E-state index in [4.69, 9.17) is 11.6 Å². The minimum Gasteiger partial charge on any atom is -0.343 e. The van der Waals surface area contributed by atoms with Gasteiger partial charge in [0.25, 0.3) is 0 Å². The van der Waals surface area contributed by atoms with Crippen LogP contribution in [0.4, 0.5) is 13.2 Å². The van der Waals surface area contributed by atoms with E-state index < -0.39 is 24.0 Å². The number of amides is 2. The van der Waals surface area contributed by atoms with E-state index in [1.165, 1.54) is 6.20 Å². The second-order valence-corrected chi connectivity index (χ2v) is 12.1. The van der Waals surface area contributed by atoms with E-state index in [0.29, 0.717) is 53.0 Å². The number of aromatic nitrogens is 4. The van der Waals surface area contributed by atoms with Gasteiger partial charge >= 0.3 is 11.9 Å². The van der Waals surface area contributed by atoms with Crippen molar-refractivity contribution in [3.63, 3.8) is 0 Å². The first kappa shape index (κ1) is 29.0. The number of likely N-dealkylation sites (tertiary alicyclic amines) is 1. The molecule has 6 rings (SSSR count). The summed E-state index contributed by atoms with van der Waals surface area (Å²) in [6, 6.07) is 10.8. The molecule has 0 bridgehead atoms. The highest BCUT2D eigenvalue weighted by molar-refractivity contribution is 6.35. The minimum absolute atomic E-state index is 0.0565. The van der Waals surface area contributed by atoms with Crippen LogP contribution in [0.1, 0.15) is 43.4 Å². The van der Waals surface area contributed by atoms with Crippen LogP contribution in [-0.2, 0) is 22.6 Å². The number of para-hydroxylation sites is 1. The average molecular weight is 615 g/mol.